The summed E-state index contributed by atoms with van der Waals surface area (Å²) in [6.07, 6.45) is 23.2. The molecule has 0 unspecified atom stereocenters. The molecule has 26 heteroatoms. The Kier molecular flexibility index (Phi) is 40.2. The van der Waals surface area contributed by atoms with E-state index in [2.05, 4.69) is 113 Å². The van der Waals surface area contributed by atoms with Crippen molar-refractivity contribution in [2.24, 2.45) is 9.98 Å². The molecule has 94 heavy (non-hydrogen) atoms. The van der Waals surface area contributed by atoms with Gasteiger partial charge in [0.15, 0.2) is 0 Å². The van der Waals surface area contributed by atoms with Gasteiger partial charge in [-0.3, -0.25) is 9.98 Å². The number of aliphatic carboxylic acids is 4. The third-order valence-electron chi connectivity index (χ3n) is 12.2. The summed E-state index contributed by atoms with van der Waals surface area (Å²) >= 11 is 0. The molecule has 0 saturated carbocycles. The van der Waals surface area contributed by atoms with Crippen LogP contribution >= 0.6 is 0 Å². The molecule has 2 radical (unpaired) electrons. The summed E-state index contributed by atoms with van der Waals surface area (Å²) in [5.74, 6) is -4.33. The van der Waals surface area contributed by atoms with Crippen LogP contribution in [0.5, 0.6) is 0 Å². The molecule has 4 N–H and O–H groups in total. The van der Waals surface area contributed by atoms with E-state index in [1.165, 1.54) is 0 Å². The van der Waals surface area contributed by atoms with Gasteiger partial charge in [0.1, 0.15) is 11.3 Å². The van der Waals surface area contributed by atoms with Crippen LogP contribution in [0.4, 0.5) is 0 Å². The zero-order chi connectivity index (χ0) is 66.0. The minimum absolute atomic E-state index is 0. The molecule has 8 aromatic rings. The number of benzene rings is 2. The van der Waals surface area contributed by atoms with Gasteiger partial charge in [0, 0.05) is 118 Å². The summed E-state index contributed by atoms with van der Waals surface area (Å²) in [7, 11) is 0. The zero-order valence-electron chi connectivity index (χ0n) is 52.5. The summed E-state index contributed by atoms with van der Waals surface area (Å²) in [5.41, 5.74) is 15.0. The predicted octanol–water partition coefficient (Wildman–Crippen LogP) is 5.07. The molecular formula is C68H76N8O16Rh2. The van der Waals surface area contributed by atoms with Crippen LogP contribution in [-0.4, -0.2) is 172 Å². The number of carboxylic acid groups (broad SMARTS) is 4. The normalized spacial score (nSPS) is 15.5. The average molecular weight is 1470 g/mol. The summed E-state index contributed by atoms with van der Waals surface area (Å²) in [6.45, 7) is 16.3. The summed E-state index contributed by atoms with van der Waals surface area (Å²) in [6, 6.07) is 33.5. The Morgan fingerprint density at radius 3 is 0.883 bits per heavy atom. The number of aromatic nitrogens is 6. The molecule has 4 fully saturated rings. The first-order valence-electron chi connectivity index (χ1n) is 29.3. The first-order valence-corrected chi connectivity index (χ1v) is 29.3. The minimum atomic E-state index is -1.08. The number of aromatic amines is 4. The molecule has 502 valence electrons. The van der Waals surface area contributed by atoms with Gasteiger partial charge in [-0.15, -0.1) is 0 Å². The van der Waals surface area contributed by atoms with Gasteiger partial charge in [0.25, 0.3) is 0 Å². The molecule has 0 atom stereocenters. The molecule has 14 rings (SSSR count). The number of allylic oxidation sites excluding steroid dienone is 4. The molecule has 6 aliphatic heterocycles. The fourth-order valence-electron chi connectivity index (χ4n) is 8.53. The van der Waals surface area contributed by atoms with E-state index in [1.807, 2.05) is 85.8 Å². The van der Waals surface area contributed by atoms with Crippen LogP contribution in [0.25, 0.3) is 55.5 Å². The SMILES string of the molecule is C1=C/C(=C(\c2ccc(-c3c[nH]c4ncccc34)cc2)c2ccc[nH]2)N=C1.C1=C/C(=C(\c2ccc(-c3c[nH]c4ncccc34)cc2)c2ccc[nH]2)N=C1.C1COCCO1.C1COCCO1.C1COCCO1.C1COCCO1.CC(=O)[O-].CC(=O)[O-].CC(=O)[O-].CC(=O)[O-].[Rh+2].[Rh+2]. The van der Waals surface area contributed by atoms with Gasteiger partial charge in [0.05, 0.1) is 117 Å². The number of hydrogen-bond acceptors (Lipinski definition) is 20. The summed E-state index contributed by atoms with van der Waals surface area (Å²) < 4.78 is 39.6. The maximum atomic E-state index is 8.89. The number of ether oxygens (including phenoxy) is 8. The van der Waals surface area contributed by atoms with Crippen molar-refractivity contribution < 1.29 is 116 Å². The van der Waals surface area contributed by atoms with Crippen LogP contribution in [0.3, 0.4) is 0 Å². The quantitative estimate of drug-likeness (QED) is 0.158. The van der Waals surface area contributed by atoms with Crippen molar-refractivity contribution in [1.29, 1.82) is 0 Å². The molecule has 6 aliphatic rings. The smallest absolute Gasteiger partial charge is 0.550 e. The third-order valence-corrected chi connectivity index (χ3v) is 12.2. The van der Waals surface area contributed by atoms with E-state index in [9.17, 15) is 0 Å². The summed E-state index contributed by atoms with van der Waals surface area (Å²) in [4.78, 5) is 66.4. The number of H-pyrrole nitrogens is 4. The minimum Gasteiger partial charge on any atom is -0.550 e. The molecule has 6 aromatic heterocycles. The van der Waals surface area contributed by atoms with E-state index < -0.39 is 23.9 Å². The van der Waals surface area contributed by atoms with Crippen molar-refractivity contribution in [3.63, 3.8) is 0 Å². The van der Waals surface area contributed by atoms with Crippen molar-refractivity contribution in [3.8, 4) is 22.3 Å². The van der Waals surface area contributed by atoms with Crippen LogP contribution < -0.4 is 20.4 Å². The molecule has 24 nitrogen and oxygen atoms in total. The average Bonchev–Trinajstić information content (AvgIpc) is 1.63. The van der Waals surface area contributed by atoms with Gasteiger partial charge in [-0.05, 0) is 123 Å². The Morgan fingerprint density at radius 1 is 0.383 bits per heavy atom. The number of carboxylic acids is 4. The molecule has 0 aliphatic carbocycles. The van der Waals surface area contributed by atoms with Crippen molar-refractivity contribution in [2.75, 3.05) is 106 Å². The van der Waals surface area contributed by atoms with E-state index in [1.54, 1.807) is 12.4 Å². The molecule has 0 bridgehead atoms. The Hall–Kier alpha value is -8.51. The van der Waals surface area contributed by atoms with Crippen molar-refractivity contribution in [2.45, 2.75) is 27.7 Å². The number of hydrogen-bond donors (Lipinski definition) is 4. The Morgan fingerprint density at radius 2 is 0.660 bits per heavy atom. The second kappa shape index (κ2) is 47.4. The van der Waals surface area contributed by atoms with Crippen molar-refractivity contribution in [3.05, 3.63) is 192 Å². The molecular weight excluding hydrogens is 1390 g/mol. The van der Waals surface area contributed by atoms with Crippen molar-refractivity contribution in [1.82, 2.24) is 29.9 Å². The topological polar surface area (TPSA) is 348 Å². The molecule has 0 amide bonds. The number of rotatable bonds is 6. The van der Waals surface area contributed by atoms with Crippen molar-refractivity contribution >= 4 is 69.5 Å². The van der Waals surface area contributed by atoms with Gasteiger partial charge in [-0.1, -0.05) is 48.5 Å². The van der Waals surface area contributed by atoms with Crippen LogP contribution in [0.2, 0.25) is 0 Å². The van der Waals surface area contributed by atoms with E-state index >= 15 is 0 Å². The van der Waals surface area contributed by atoms with Crippen LogP contribution in [-0.2, 0) is 96.0 Å². The molecule has 4 saturated heterocycles. The van der Waals surface area contributed by atoms with Crippen LogP contribution in [0.1, 0.15) is 50.2 Å². The van der Waals surface area contributed by atoms with Gasteiger partial charge in [-0.25, -0.2) is 9.97 Å². The van der Waals surface area contributed by atoms with E-state index in [4.69, 9.17) is 77.5 Å². The first-order chi connectivity index (χ1) is 44.7. The summed E-state index contributed by atoms with van der Waals surface area (Å²) in [5, 5.41) is 37.8. The fraction of sp³-hybridized carbons (Fsp3) is 0.294. The number of carbonyl (C=O) groups excluding carboxylic acids is 4. The molecule has 0 spiro atoms. The van der Waals surface area contributed by atoms with Crippen LogP contribution in [0.15, 0.2) is 180 Å². The van der Waals surface area contributed by atoms with Gasteiger partial charge in [-0.2, -0.15) is 0 Å². The number of fused-ring (bicyclic) bond motifs is 2. The maximum absolute atomic E-state index is 8.89. The number of nitrogens with one attached hydrogen (secondary N) is 4. The Labute approximate surface area is 570 Å². The van der Waals surface area contributed by atoms with Gasteiger partial charge < -0.3 is 97.4 Å². The van der Waals surface area contributed by atoms with Gasteiger partial charge >= 0.3 is 39.0 Å². The maximum Gasteiger partial charge on any atom is 2.00 e. The van der Waals surface area contributed by atoms with Crippen LogP contribution in [0, 0.1) is 0 Å². The number of pyridine rings is 2. The first kappa shape index (κ1) is 79.7. The standard InChI is InChI=1S/2C22H16N4.4C4H8O2.4C2H4O2.2Rh/c2*1-4-17-18(14-26-22(17)25-13-1)15-7-9-16(10-8-15)21(19-5-2-11-23-19)20-6-3-12-24-20;4*1-2-6-4-3-5-1;4*1-2(3)4;;/h2*1-14,23H,(H,25,26);4*1-4H2;4*1H3,(H,3,4);;/q;;;;;;;;;;2*+2/p-4/b2*21-20-;;;;;;;;;;. The second-order valence-corrected chi connectivity index (χ2v) is 19.2. The zero-order valence-corrected chi connectivity index (χ0v) is 55.7. The number of nitrogens with zero attached hydrogens (tertiary/aromatic N) is 4. The predicted molar refractivity (Wildman–Crippen MR) is 341 cm³/mol. The monoisotopic (exact) mass is 1470 g/mol. The number of aliphatic imine (C=N–C) groups is 2. The van der Waals surface area contributed by atoms with E-state index in [0.29, 0.717) is 0 Å². The largest absolute Gasteiger partial charge is 2.00 e. The fourth-order valence-corrected chi connectivity index (χ4v) is 8.53. The van der Waals surface area contributed by atoms with Gasteiger partial charge in [0.2, 0.25) is 0 Å². The Bertz CT molecular complexity index is 3250. The van der Waals surface area contributed by atoms with E-state index in [0.717, 1.165) is 223 Å². The number of carbonyl (C=O) groups is 4. The molecule has 12 heterocycles. The Balaban J connectivity index is 0.000000309. The molecule has 2 aromatic carbocycles. The third kappa shape index (κ3) is 30.9. The second-order valence-electron chi connectivity index (χ2n) is 19.2. The van der Waals surface area contributed by atoms with E-state index in [-0.39, 0.29) is 39.0 Å².